The number of rotatable bonds is 4. The van der Waals surface area contributed by atoms with Gasteiger partial charge in [-0.2, -0.15) is 0 Å². The zero-order chi connectivity index (χ0) is 14.7. The molecule has 0 spiro atoms. The van der Waals surface area contributed by atoms with E-state index in [1.165, 1.54) is 45.2 Å². The van der Waals surface area contributed by atoms with Crippen molar-refractivity contribution in [3.63, 3.8) is 0 Å². The molecule has 4 atom stereocenters. The zero-order valence-electron chi connectivity index (χ0n) is 14.4. The maximum absolute atomic E-state index is 3.80. The van der Waals surface area contributed by atoms with Crippen molar-refractivity contribution in [3.8, 4) is 0 Å². The molecule has 1 saturated carbocycles. The standard InChI is InChI=1S/C18H36N2/c1-6-7-16-12-20(18(11-19-16)13(2)3)17-9-14(4)8-15(5)10-17/h13-19H,6-12H2,1-5H3. The maximum Gasteiger partial charge on any atom is 0.0247 e. The molecule has 20 heavy (non-hydrogen) atoms. The lowest BCUT2D eigenvalue weighted by atomic mass is 9.78. The van der Waals surface area contributed by atoms with Gasteiger partial charge in [0.1, 0.15) is 0 Å². The van der Waals surface area contributed by atoms with Crippen molar-refractivity contribution in [2.75, 3.05) is 13.1 Å². The first kappa shape index (κ1) is 16.3. The van der Waals surface area contributed by atoms with E-state index in [9.17, 15) is 0 Å². The molecule has 118 valence electrons. The van der Waals surface area contributed by atoms with Gasteiger partial charge in [-0.25, -0.2) is 0 Å². The van der Waals surface area contributed by atoms with Gasteiger partial charge in [0.15, 0.2) is 0 Å². The molecule has 0 aromatic rings. The second-order valence-electron chi connectivity index (χ2n) is 7.97. The highest BCUT2D eigenvalue weighted by atomic mass is 15.3. The van der Waals surface area contributed by atoms with E-state index in [0.717, 1.165) is 35.9 Å². The molecule has 0 radical (unpaired) electrons. The van der Waals surface area contributed by atoms with E-state index in [4.69, 9.17) is 0 Å². The minimum Gasteiger partial charge on any atom is -0.311 e. The molecule has 2 aliphatic rings. The van der Waals surface area contributed by atoms with Crippen LogP contribution < -0.4 is 5.32 Å². The first-order valence-corrected chi connectivity index (χ1v) is 9.00. The summed E-state index contributed by atoms with van der Waals surface area (Å²) in [5.74, 6) is 2.59. The number of hydrogen-bond donors (Lipinski definition) is 1. The van der Waals surface area contributed by atoms with Crippen molar-refractivity contribution >= 4 is 0 Å². The third-order valence-electron chi connectivity index (χ3n) is 5.50. The lowest BCUT2D eigenvalue weighted by molar-refractivity contribution is 0.0184. The van der Waals surface area contributed by atoms with Gasteiger partial charge in [0, 0.05) is 31.2 Å². The van der Waals surface area contributed by atoms with Crippen LogP contribution in [0, 0.1) is 17.8 Å². The summed E-state index contributed by atoms with van der Waals surface area (Å²) in [5.41, 5.74) is 0. The lowest BCUT2D eigenvalue weighted by Gasteiger charge is -2.49. The van der Waals surface area contributed by atoms with E-state index in [0.29, 0.717) is 0 Å². The van der Waals surface area contributed by atoms with Crippen LogP contribution in [0.15, 0.2) is 0 Å². The van der Waals surface area contributed by atoms with Gasteiger partial charge in [0.05, 0.1) is 0 Å². The van der Waals surface area contributed by atoms with E-state index in [1.807, 2.05) is 0 Å². The van der Waals surface area contributed by atoms with Crippen molar-refractivity contribution in [1.29, 1.82) is 0 Å². The Hall–Kier alpha value is -0.0800. The Kier molecular flexibility index (Phi) is 5.92. The fourth-order valence-corrected chi connectivity index (χ4v) is 4.61. The third-order valence-corrected chi connectivity index (χ3v) is 5.50. The number of piperazine rings is 1. The van der Waals surface area contributed by atoms with Gasteiger partial charge >= 0.3 is 0 Å². The summed E-state index contributed by atoms with van der Waals surface area (Å²) in [6.45, 7) is 14.5. The molecule has 2 nitrogen and oxygen atoms in total. The summed E-state index contributed by atoms with van der Waals surface area (Å²) in [6, 6.07) is 2.30. The van der Waals surface area contributed by atoms with Crippen LogP contribution in [0.4, 0.5) is 0 Å². The quantitative estimate of drug-likeness (QED) is 0.840. The first-order valence-electron chi connectivity index (χ1n) is 9.00. The molecule has 2 rings (SSSR count). The Morgan fingerprint density at radius 2 is 1.75 bits per heavy atom. The van der Waals surface area contributed by atoms with E-state index >= 15 is 0 Å². The largest absolute Gasteiger partial charge is 0.311 e. The van der Waals surface area contributed by atoms with E-state index < -0.39 is 0 Å². The molecule has 2 fully saturated rings. The highest BCUT2D eigenvalue weighted by Gasteiger charge is 2.36. The highest BCUT2D eigenvalue weighted by Crippen LogP contribution is 2.34. The Labute approximate surface area is 126 Å². The second kappa shape index (κ2) is 7.26. The number of hydrogen-bond acceptors (Lipinski definition) is 2. The molecule has 1 aliphatic carbocycles. The van der Waals surface area contributed by atoms with Gasteiger partial charge in [-0.1, -0.05) is 41.0 Å². The van der Waals surface area contributed by atoms with Crippen LogP contribution in [0.25, 0.3) is 0 Å². The molecule has 4 unspecified atom stereocenters. The molecule has 2 heteroatoms. The summed E-state index contributed by atoms with van der Waals surface area (Å²) in [7, 11) is 0. The van der Waals surface area contributed by atoms with Crippen molar-refractivity contribution in [3.05, 3.63) is 0 Å². The average Bonchev–Trinajstić information content (AvgIpc) is 2.37. The fraction of sp³-hybridized carbons (Fsp3) is 1.00. The smallest absolute Gasteiger partial charge is 0.0247 e. The number of nitrogens with one attached hydrogen (secondary N) is 1. The van der Waals surface area contributed by atoms with Gasteiger partial charge in [-0.3, -0.25) is 4.90 Å². The van der Waals surface area contributed by atoms with Crippen LogP contribution in [0.5, 0.6) is 0 Å². The Morgan fingerprint density at radius 3 is 2.30 bits per heavy atom. The molecule has 0 aromatic carbocycles. The Morgan fingerprint density at radius 1 is 1.10 bits per heavy atom. The minimum absolute atomic E-state index is 0.725. The Bertz CT molecular complexity index is 279. The molecule has 1 N–H and O–H groups in total. The van der Waals surface area contributed by atoms with E-state index in [-0.39, 0.29) is 0 Å². The Balaban J connectivity index is 2.05. The van der Waals surface area contributed by atoms with Crippen LogP contribution in [0.3, 0.4) is 0 Å². The maximum atomic E-state index is 3.80. The summed E-state index contributed by atoms with van der Waals surface area (Å²) in [4.78, 5) is 2.90. The molecule has 1 heterocycles. The lowest BCUT2D eigenvalue weighted by Crippen LogP contribution is -2.61. The van der Waals surface area contributed by atoms with Crippen molar-refractivity contribution in [2.45, 2.75) is 84.8 Å². The van der Waals surface area contributed by atoms with Crippen LogP contribution in [-0.2, 0) is 0 Å². The molecule has 0 bridgehead atoms. The van der Waals surface area contributed by atoms with Crippen LogP contribution >= 0.6 is 0 Å². The van der Waals surface area contributed by atoms with Gasteiger partial charge in [0.25, 0.3) is 0 Å². The topological polar surface area (TPSA) is 15.3 Å². The first-order chi connectivity index (χ1) is 9.51. The predicted molar refractivity (Wildman–Crippen MR) is 88.0 cm³/mol. The third kappa shape index (κ3) is 3.98. The van der Waals surface area contributed by atoms with Crippen LogP contribution in [0.2, 0.25) is 0 Å². The van der Waals surface area contributed by atoms with Crippen LogP contribution in [0.1, 0.15) is 66.7 Å². The molecule has 1 saturated heterocycles. The molecule has 1 aliphatic heterocycles. The van der Waals surface area contributed by atoms with Gasteiger partial charge in [0.2, 0.25) is 0 Å². The van der Waals surface area contributed by atoms with Crippen molar-refractivity contribution in [1.82, 2.24) is 10.2 Å². The molecular weight excluding hydrogens is 244 g/mol. The van der Waals surface area contributed by atoms with Gasteiger partial charge in [-0.05, 0) is 43.4 Å². The minimum atomic E-state index is 0.725. The molecule has 0 aromatic heterocycles. The summed E-state index contributed by atoms with van der Waals surface area (Å²) in [6.07, 6.45) is 6.92. The van der Waals surface area contributed by atoms with Crippen molar-refractivity contribution < 1.29 is 0 Å². The number of nitrogens with zero attached hydrogens (tertiary/aromatic N) is 1. The zero-order valence-corrected chi connectivity index (χ0v) is 14.4. The summed E-state index contributed by atoms with van der Waals surface area (Å²) >= 11 is 0. The second-order valence-corrected chi connectivity index (χ2v) is 7.97. The van der Waals surface area contributed by atoms with Gasteiger partial charge < -0.3 is 5.32 Å². The van der Waals surface area contributed by atoms with E-state index in [2.05, 4.69) is 44.8 Å². The normalized spacial score (nSPS) is 40.2. The predicted octanol–water partition coefficient (Wildman–Crippen LogP) is 3.91. The molecule has 0 amide bonds. The summed E-state index contributed by atoms with van der Waals surface area (Å²) < 4.78 is 0. The van der Waals surface area contributed by atoms with E-state index in [1.54, 1.807) is 0 Å². The summed E-state index contributed by atoms with van der Waals surface area (Å²) in [5, 5.41) is 3.80. The molecular formula is C18H36N2. The average molecular weight is 280 g/mol. The monoisotopic (exact) mass is 280 g/mol. The SMILES string of the molecule is CCCC1CN(C2CC(C)CC(C)C2)C(C(C)C)CN1. The fourth-order valence-electron chi connectivity index (χ4n) is 4.61. The van der Waals surface area contributed by atoms with Crippen molar-refractivity contribution in [2.24, 2.45) is 17.8 Å². The van der Waals surface area contributed by atoms with Crippen LogP contribution in [-0.4, -0.2) is 36.1 Å². The van der Waals surface area contributed by atoms with Gasteiger partial charge in [-0.15, -0.1) is 0 Å². The highest BCUT2D eigenvalue weighted by molar-refractivity contribution is 4.93.